The maximum Gasteiger partial charge on any atom is 0.264 e. The van der Waals surface area contributed by atoms with Crippen molar-refractivity contribution < 1.29 is 13.2 Å². The highest BCUT2D eigenvalue weighted by atomic mass is 79.9. The lowest BCUT2D eigenvalue weighted by atomic mass is 10.1. The van der Waals surface area contributed by atoms with Crippen LogP contribution in [-0.4, -0.2) is 22.1 Å². The average molecular weight is 410 g/mol. The SMILES string of the molecule is C=CCN(c1cc(C)ccc1C)S(=O)(=O)c1ccc(OC)c(Br)c1. The molecule has 2 aromatic rings. The molecule has 6 heteroatoms. The Morgan fingerprint density at radius 3 is 2.50 bits per heavy atom. The van der Waals surface area contributed by atoms with E-state index in [-0.39, 0.29) is 11.4 Å². The van der Waals surface area contributed by atoms with Gasteiger partial charge in [0.1, 0.15) is 5.75 Å². The highest BCUT2D eigenvalue weighted by molar-refractivity contribution is 9.10. The number of ether oxygens (including phenoxy) is 1. The Balaban J connectivity index is 2.59. The van der Waals surface area contributed by atoms with Crippen LogP contribution in [0.1, 0.15) is 11.1 Å². The van der Waals surface area contributed by atoms with Crippen LogP contribution in [-0.2, 0) is 10.0 Å². The zero-order valence-electron chi connectivity index (χ0n) is 13.9. The highest BCUT2D eigenvalue weighted by Crippen LogP contribution is 2.32. The van der Waals surface area contributed by atoms with Crippen LogP contribution in [0.25, 0.3) is 0 Å². The summed E-state index contributed by atoms with van der Waals surface area (Å²) < 4.78 is 33.4. The van der Waals surface area contributed by atoms with E-state index in [0.29, 0.717) is 15.9 Å². The molecule has 0 saturated heterocycles. The van der Waals surface area contributed by atoms with Crippen molar-refractivity contribution in [1.29, 1.82) is 0 Å². The van der Waals surface area contributed by atoms with Gasteiger partial charge in [0.15, 0.2) is 0 Å². The van der Waals surface area contributed by atoms with Crippen LogP contribution < -0.4 is 9.04 Å². The number of hydrogen-bond acceptors (Lipinski definition) is 3. The molecule has 0 heterocycles. The van der Waals surface area contributed by atoms with Gasteiger partial charge in [-0.2, -0.15) is 0 Å². The Hall–Kier alpha value is -1.79. The van der Waals surface area contributed by atoms with Crippen LogP contribution in [0.2, 0.25) is 0 Å². The van der Waals surface area contributed by atoms with E-state index < -0.39 is 10.0 Å². The number of nitrogens with zero attached hydrogens (tertiary/aromatic N) is 1. The fourth-order valence-electron chi connectivity index (χ4n) is 2.37. The number of methoxy groups -OCH3 is 1. The number of anilines is 1. The summed E-state index contributed by atoms with van der Waals surface area (Å²) in [5.74, 6) is 0.580. The molecule has 0 aromatic heterocycles. The van der Waals surface area contributed by atoms with Crippen LogP contribution >= 0.6 is 15.9 Å². The van der Waals surface area contributed by atoms with Crippen molar-refractivity contribution in [3.05, 3.63) is 64.7 Å². The van der Waals surface area contributed by atoms with Gasteiger partial charge in [-0.05, 0) is 65.2 Å². The molecule has 0 bridgehead atoms. The van der Waals surface area contributed by atoms with Crippen LogP contribution in [0, 0.1) is 13.8 Å². The van der Waals surface area contributed by atoms with Gasteiger partial charge in [0.05, 0.1) is 28.7 Å². The number of aryl methyl sites for hydroxylation is 2. The molecule has 0 aliphatic carbocycles. The van der Waals surface area contributed by atoms with Gasteiger partial charge >= 0.3 is 0 Å². The molecule has 0 unspecified atom stereocenters. The Labute approximate surface area is 151 Å². The lowest BCUT2D eigenvalue weighted by molar-refractivity contribution is 0.411. The zero-order valence-corrected chi connectivity index (χ0v) is 16.3. The smallest absolute Gasteiger partial charge is 0.264 e. The van der Waals surface area contributed by atoms with Crippen LogP contribution in [0.4, 0.5) is 5.69 Å². The second kappa shape index (κ2) is 7.40. The van der Waals surface area contributed by atoms with Crippen LogP contribution in [0.5, 0.6) is 5.75 Å². The van der Waals surface area contributed by atoms with Gasteiger partial charge in [-0.1, -0.05) is 18.2 Å². The van der Waals surface area contributed by atoms with E-state index in [4.69, 9.17) is 4.74 Å². The predicted octanol–water partition coefficient (Wildman–Crippen LogP) is 4.46. The minimum absolute atomic E-state index is 0.191. The van der Waals surface area contributed by atoms with E-state index in [1.54, 1.807) is 24.3 Å². The minimum atomic E-state index is -3.73. The van der Waals surface area contributed by atoms with Crippen molar-refractivity contribution in [2.24, 2.45) is 0 Å². The Kier molecular flexibility index (Phi) is 5.72. The molecule has 0 spiro atoms. The summed E-state index contributed by atoms with van der Waals surface area (Å²) in [5.41, 5.74) is 2.54. The van der Waals surface area contributed by atoms with Crippen molar-refractivity contribution in [3.8, 4) is 5.75 Å². The lowest BCUT2D eigenvalue weighted by Crippen LogP contribution is -2.31. The molecule has 0 radical (unpaired) electrons. The summed E-state index contributed by atoms with van der Waals surface area (Å²) in [7, 11) is -2.19. The Morgan fingerprint density at radius 1 is 1.21 bits per heavy atom. The van der Waals surface area contributed by atoms with Gasteiger partial charge in [0, 0.05) is 0 Å². The quantitative estimate of drug-likeness (QED) is 0.661. The standard InChI is InChI=1S/C18H20BrNO3S/c1-5-10-20(17-11-13(2)6-7-14(17)3)24(21,22)15-8-9-18(23-4)16(19)12-15/h5-9,11-12H,1,10H2,2-4H3. The first-order chi connectivity index (χ1) is 11.3. The van der Waals surface area contributed by atoms with Crippen molar-refractivity contribution >= 4 is 31.6 Å². The summed E-state index contributed by atoms with van der Waals surface area (Å²) >= 11 is 3.34. The van der Waals surface area contributed by atoms with Gasteiger partial charge in [-0.3, -0.25) is 4.31 Å². The molecule has 0 fully saturated rings. The lowest BCUT2D eigenvalue weighted by Gasteiger charge is -2.25. The van der Waals surface area contributed by atoms with E-state index in [1.165, 1.54) is 11.4 Å². The molecule has 0 saturated carbocycles. The average Bonchev–Trinajstić information content (AvgIpc) is 2.54. The molecule has 4 nitrogen and oxygen atoms in total. The van der Waals surface area contributed by atoms with Crippen molar-refractivity contribution in [2.75, 3.05) is 18.0 Å². The Bertz CT molecular complexity index is 863. The van der Waals surface area contributed by atoms with E-state index in [2.05, 4.69) is 22.5 Å². The van der Waals surface area contributed by atoms with Gasteiger partial charge in [-0.15, -0.1) is 6.58 Å². The number of benzene rings is 2. The van der Waals surface area contributed by atoms with Crippen LogP contribution in [0.15, 0.2) is 58.4 Å². The fraction of sp³-hybridized carbons (Fsp3) is 0.222. The second-order valence-corrected chi connectivity index (χ2v) is 8.13. The molecule has 0 N–H and O–H groups in total. The first-order valence-corrected chi connectivity index (χ1v) is 9.59. The van der Waals surface area contributed by atoms with E-state index in [9.17, 15) is 8.42 Å². The summed E-state index contributed by atoms with van der Waals surface area (Å²) in [4.78, 5) is 0.193. The molecule has 0 aliphatic rings. The first-order valence-electron chi connectivity index (χ1n) is 7.35. The summed E-state index contributed by atoms with van der Waals surface area (Å²) in [5, 5.41) is 0. The first kappa shape index (κ1) is 18.5. The monoisotopic (exact) mass is 409 g/mol. The number of hydrogen-bond donors (Lipinski definition) is 0. The Morgan fingerprint density at radius 2 is 1.92 bits per heavy atom. The van der Waals surface area contributed by atoms with E-state index in [0.717, 1.165) is 11.1 Å². The maximum atomic E-state index is 13.2. The molecular weight excluding hydrogens is 390 g/mol. The topological polar surface area (TPSA) is 46.6 Å². The van der Waals surface area contributed by atoms with Crippen molar-refractivity contribution in [1.82, 2.24) is 0 Å². The summed E-state index contributed by atoms with van der Waals surface area (Å²) in [6.45, 7) is 7.71. The molecule has 24 heavy (non-hydrogen) atoms. The molecule has 0 aliphatic heterocycles. The molecule has 0 amide bonds. The molecule has 2 aromatic carbocycles. The normalized spacial score (nSPS) is 11.2. The fourth-order valence-corrected chi connectivity index (χ4v) is 4.58. The van der Waals surface area contributed by atoms with Crippen LogP contribution in [0.3, 0.4) is 0 Å². The molecule has 0 atom stereocenters. The third-order valence-corrected chi connectivity index (χ3v) is 6.03. The minimum Gasteiger partial charge on any atom is -0.496 e. The maximum absolute atomic E-state index is 13.2. The number of halogens is 1. The molecule has 2 rings (SSSR count). The third kappa shape index (κ3) is 3.65. The van der Waals surface area contributed by atoms with Crippen molar-refractivity contribution in [2.45, 2.75) is 18.7 Å². The summed E-state index contributed by atoms with van der Waals surface area (Å²) in [6.07, 6.45) is 1.58. The number of rotatable bonds is 6. The summed E-state index contributed by atoms with van der Waals surface area (Å²) in [6, 6.07) is 10.5. The largest absolute Gasteiger partial charge is 0.496 e. The third-order valence-electron chi connectivity index (χ3n) is 3.64. The number of sulfonamides is 1. The van der Waals surface area contributed by atoms with Gasteiger partial charge in [0.25, 0.3) is 10.0 Å². The van der Waals surface area contributed by atoms with E-state index in [1.807, 2.05) is 32.0 Å². The zero-order chi connectivity index (χ0) is 17.9. The molecular formula is C18H20BrNO3S. The predicted molar refractivity (Wildman–Crippen MR) is 101 cm³/mol. The van der Waals surface area contributed by atoms with Gasteiger partial charge in [-0.25, -0.2) is 8.42 Å². The van der Waals surface area contributed by atoms with Gasteiger partial charge in [0.2, 0.25) is 0 Å². The highest BCUT2D eigenvalue weighted by Gasteiger charge is 2.26. The van der Waals surface area contributed by atoms with Gasteiger partial charge < -0.3 is 4.74 Å². The van der Waals surface area contributed by atoms with Crippen molar-refractivity contribution in [3.63, 3.8) is 0 Å². The second-order valence-electron chi connectivity index (χ2n) is 5.41. The molecule has 128 valence electrons. The van der Waals surface area contributed by atoms with E-state index >= 15 is 0 Å².